The fourth-order valence-electron chi connectivity index (χ4n) is 3.34. The van der Waals surface area contributed by atoms with Gasteiger partial charge in [0.15, 0.2) is 16.1 Å². The van der Waals surface area contributed by atoms with Crippen molar-refractivity contribution in [3.63, 3.8) is 0 Å². The zero-order valence-electron chi connectivity index (χ0n) is 20.0. The van der Waals surface area contributed by atoms with Gasteiger partial charge in [0.05, 0.1) is 18.0 Å². The minimum atomic E-state index is -0.215. The second-order valence-corrected chi connectivity index (χ2v) is 11.2. The Bertz CT molecular complexity index is 1350. The molecule has 0 spiro atoms. The van der Waals surface area contributed by atoms with Crippen LogP contribution >= 0.6 is 34.7 Å². The quantitative estimate of drug-likeness (QED) is 0.293. The van der Waals surface area contributed by atoms with E-state index < -0.39 is 0 Å². The SMILES string of the molecule is CC(C)(C)c1ccc(C(=O)NCc2nnc(SCC(=O)Nc3nccs3)n2-c2cccc(Cl)c2)cc1. The summed E-state index contributed by atoms with van der Waals surface area (Å²) in [5.74, 6) is 0.210. The van der Waals surface area contributed by atoms with E-state index in [0.29, 0.717) is 26.7 Å². The van der Waals surface area contributed by atoms with Crippen molar-refractivity contribution in [3.8, 4) is 5.69 Å². The van der Waals surface area contributed by atoms with Crippen LogP contribution in [0.15, 0.2) is 65.3 Å². The Hall–Kier alpha value is -3.21. The van der Waals surface area contributed by atoms with Gasteiger partial charge in [-0.2, -0.15) is 0 Å². The number of benzene rings is 2. The highest BCUT2D eigenvalue weighted by atomic mass is 35.5. The summed E-state index contributed by atoms with van der Waals surface area (Å²) in [4.78, 5) is 29.2. The molecule has 4 aromatic rings. The molecule has 186 valence electrons. The van der Waals surface area contributed by atoms with Crippen LogP contribution < -0.4 is 10.6 Å². The highest BCUT2D eigenvalue weighted by Gasteiger charge is 2.18. The third-order valence-electron chi connectivity index (χ3n) is 5.20. The summed E-state index contributed by atoms with van der Waals surface area (Å²) in [6.45, 7) is 6.53. The van der Waals surface area contributed by atoms with Gasteiger partial charge >= 0.3 is 0 Å². The molecule has 2 N–H and O–H groups in total. The highest BCUT2D eigenvalue weighted by Crippen LogP contribution is 2.25. The molecule has 0 unspecified atom stereocenters. The summed E-state index contributed by atoms with van der Waals surface area (Å²) in [7, 11) is 0. The molecule has 2 heterocycles. The Kier molecular flexibility index (Phi) is 8.07. The van der Waals surface area contributed by atoms with Gasteiger partial charge in [-0.1, -0.05) is 62.3 Å². The van der Waals surface area contributed by atoms with Crippen molar-refractivity contribution in [3.05, 3.63) is 82.1 Å². The van der Waals surface area contributed by atoms with Crippen molar-refractivity contribution < 1.29 is 9.59 Å². The summed E-state index contributed by atoms with van der Waals surface area (Å²) in [6, 6.07) is 14.8. The maximum Gasteiger partial charge on any atom is 0.251 e. The predicted octanol–water partition coefficient (Wildman–Crippen LogP) is 5.34. The van der Waals surface area contributed by atoms with E-state index in [1.807, 2.05) is 36.4 Å². The van der Waals surface area contributed by atoms with Gasteiger partial charge < -0.3 is 10.6 Å². The van der Waals surface area contributed by atoms with E-state index >= 15 is 0 Å². The van der Waals surface area contributed by atoms with E-state index in [-0.39, 0.29) is 29.5 Å². The lowest BCUT2D eigenvalue weighted by atomic mass is 9.87. The molecular formula is C25H25ClN6O2S2. The van der Waals surface area contributed by atoms with Crippen molar-refractivity contribution in [1.29, 1.82) is 0 Å². The minimum absolute atomic E-state index is 0.00758. The fourth-order valence-corrected chi connectivity index (χ4v) is 4.84. The van der Waals surface area contributed by atoms with Crippen LogP contribution in [-0.2, 0) is 16.8 Å². The molecule has 0 saturated carbocycles. The van der Waals surface area contributed by atoms with Gasteiger partial charge in [0.2, 0.25) is 5.91 Å². The predicted molar refractivity (Wildman–Crippen MR) is 144 cm³/mol. The van der Waals surface area contributed by atoms with Crippen molar-refractivity contribution in [2.45, 2.75) is 37.9 Å². The number of thioether (sulfide) groups is 1. The van der Waals surface area contributed by atoms with Crippen LogP contribution in [-0.4, -0.2) is 37.3 Å². The number of anilines is 1. The molecule has 11 heteroatoms. The van der Waals surface area contributed by atoms with Crippen LogP contribution in [0, 0.1) is 0 Å². The summed E-state index contributed by atoms with van der Waals surface area (Å²) in [5.41, 5.74) is 2.45. The normalized spacial score (nSPS) is 11.3. The van der Waals surface area contributed by atoms with Gasteiger partial charge in [-0.3, -0.25) is 14.2 Å². The van der Waals surface area contributed by atoms with E-state index in [2.05, 4.69) is 46.6 Å². The van der Waals surface area contributed by atoms with Crippen molar-refractivity contribution in [1.82, 2.24) is 25.1 Å². The molecular weight excluding hydrogens is 516 g/mol. The molecule has 2 aromatic carbocycles. The summed E-state index contributed by atoms with van der Waals surface area (Å²) >= 11 is 8.80. The lowest BCUT2D eigenvalue weighted by Gasteiger charge is -2.19. The molecule has 2 amide bonds. The first-order valence-electron chi connectivity index (χ1n) is 11.1. The van der Waals surface area contributed by atoms with Crippen molar-refractivity contribution >= 4 is 51.6 Å². The molecule has 0 saturated heterocycles. The second kappa shape index (κ2) is 11.2. The third kappa shape index (κ3) is 6.51. The lowest BCUT2D eigenvalue weighted by Crippen LogP contribution is -2.25. The Balaban J connectivity index is 1.49. The fraction of sp³-hybridized carbons (Fsp3) is 0.240. The van der Waals surface area contributed by atoms with E-state index in [4.69, 9.17) is 11.6 Å². The van der Waals surface area contributed by atoms with Crippen LogP contribution in [0.25, 0.3) is 5.69 Å². The van der Waals surface area contributed by atoms with Crippen LogP contribution in [0.1, 0.15) is 42.5 Å². The van der Waals surface area contributed by atoms with E-state index in [0.717, 1.165) is 11.3 Å². The molecule has 0 bridgehead atoms. The summed E-state index contributed by atoms with van der Waals surface area (Å²) < 4.78 is 1.79. The number of thiazole rings is 1. The molecule has 0 radical (unpaired) electrons. The number of carbonyl (C=O) groups excluding carboxylic acids is 2. The average molecular weight is 541 g/mol. The second-order valence-electron chi connectivity index (χ2n) is 8.90. The first-order valence-corrected chi connectivity index (χ1v) is 13.4. The zero-order valence-corrected chi connectivity index (χ0v) is 22.4. The number of carbonyl (C=O) groups is 2. The van der Waals surface area contributed by atoms with Gasteiger partial charge in [-0.05, 0) is 41.3 Å². The maximum atomic E-state index is 12.8. The Morgan fingerprint density at radius 3 is 2.56 bits per heavy atom. The highest BCUT2D eigenvalue weighted by molar-refractivity contribution is 7.99. The smallest absolute Gasteiger partial charge is 0.251 e. The van der Waals surface area contributed by atoms with Gasteiger partial charge in [-0.25, -0.2) is 4.98 Å². The number of hydrogen-bond donors (Lipinski definition) is 2. The van der Waals surface area contributed by atoms with Crippen LogP contribution in [0.4, 0.5) is 5.13 Å². The summed E-state index contributed by atoms with van der Waals surface area (Å²) in [5, 5.41) is 17.6. The first kappa shape index (κ1) is 25.9. The minimum Gasteiger partial charge on any atom is -0.345 e. The number of halogens is 1. The largest absolute Gasteiger partial charge is 0.345 e. The molecule has 2 aromatic heterocycles. The summed E-state index contributed by atoms with van der Waals surface area (Å²) in [6.07, 6.45) is 1.63. The molecule has 4 rings (SSSR count). The van der Waals surface area contributed by atoms with Crippen molar-refractivity contribution in [2.75, 3.05) is 11.1 Å². The van der Waals surface area contributed by atoms with E-state index in [9.17, 15) is 9.59 Å². The van der Waals surface area contributed by atoms with Crippen LogP contribution in [0.2, 0.25) is 5.02 Å². The number of amides is 2. The van der Waals surface area contributed by atoms with Gasteiger partial charge in [0.1, 0.15) is 0 Å². The molecule has 0 aliphatic heterocycles. The third-order valence-corrected chi connectivity index (χ3v) is 7.05. The number of nitrogens with one attached hydrogen (secondary N) is 2. The Labute approximate surface area is 222 Å². The van der Waals surface area contributed by atoms with Crippen LogP contribution in [0.5, 0.6) is 0 Å². The Morgan fingerprint density at radius 1 is 1.11 bits per heavy atom. The average Bonchev–Trinajstić information content (AvgIpc) is 3.50. The number of aromatic nitrogens is 4. The molecule has 0 aliphatic carbocycles. The zero-order chi connectivity index (χ0) is 25.7. The number of hydrogen-bond acceptors (Lipinski definition) is 7. The van der Waals surface area contributed by atoms with Crippen molar-refractivity contribution in [2.24, 2.45) is 0 Å². The van der Waals surface area contributed by atoms with Gasteiger partial charge in [0.25, 0.3) is 5.91 Å². The molecule has 0 aliphatic rings. The molecule has 0 fully saturated rings. The van der Waals surface area contributed by atoms with Gasteiger partial charge in [0, 0.05) is 22.2 Å². The monoisotopic (exact) mass is 540 g/mol. The molecule has 0 atom stereocenters. The maximum absolute atomic E-state index is 12.8. The Morgan fingerprint density at radius 2 is 1.89 bits per heavy atom. The van der Waals surface area contributed by atoms with E-state index in [1.165, 1.54) is 23.1 Å². The lowest BCUT2D eigenvalue weighted by molar-refractivity contribution is -0.113. The van der Waals surface area contributed by atoms with Gasteiger partial charge in [-0.15, -0.1) is 21.5 Å². The number of nitrogens with zero attached hydrogens (tertiary/aromatic N) is 4. The standard InChI is InChI=1S/C25H25ClN6O2S2/c1-25(2,3)17-9-7-16(8-10-17)22(34)28-14-20-30-31-24(32(20)19-6-4-5-18(26)13-19)36-15-21(33)29-23-27-11-12-35-23/h4-13H,14-15H2,1-3H3,(H,28,34)(H,27,29,33). The first-order chi connectivity index (χ1) is 17.2. The number of rotatable bonds is 8. The van der Waals surface area contributed by atoms with Crippen LogP contribution in [0.3, 0.4) is 0 Å². The topological polar surface area (TPSA) is 102 Å². The molecule has 8 nitrogen and oxygen atoms in total. The molecule has 36 heavy (non-hydrogen) atoms. The van der Waals surface area contributed by atoms with E-state index in [1.54, 1.807) is 28.3 Å².